The van der Waals surface area contributed by atoms with Gasteiger partial charge in [0, 0.05) is 28.6 Å². The molecule has 0 radical (unpaired) electrons. The fraction of sp³-hybridized carbons (Fsp3) is 0.333. The van der Waals surface area contributed by atoms with Crippen molar-refractivity contribution < 1.29 is 19.4 Å². The van der Waals surface area contributed by atoms with Gasteiger partial charge in [-0.05, 0) is 85.9 Å². The van der Waals surface area contributed by atoms with E-state index < -0.39 is 5.97 Å². The van der Waals surface area contributed by atoms with E-state index in [4.69, 9.17) is 9.84 Å². The molecule has 0 amide bonds. The summed E-state index contributed by atoms with van der Waals surface area (Å²) in [5.74, 6) is 0.419. The van der Waals surface area contributed by atoms with Crippen LogP contribution in [0.4, 0.5) is 0 Å². The van der Waals surface area contributed by atoms with Crippen molar-refractivity contribution in [1.82, 2.24) is 4.98 Å². The van der Waals surface area contributed by atoms with Gasteiger partial charge in [0.15, 0.2) is 5.78 Å². The summed E-state index contributed by atoms with van der Waals surface area (Å²) in [7, 11) is 0. The van der Waals surface area contributed by atoms with Gasteiger partial charge in [0.2, 0.25) is 0 Å². The van der Waals surface area contributed by atoms with Crippen molar-refractivity contribution in [2.24, 2.45) is 0 Å². The van der Waals surface area contributed by atoms with E-state index in [0.29, 0.717) is 36.5 Å². The Kier molecular flexibility index (Phi) is 9.36. The summed E-state index contributed by atoms with van der Waals surface area (Å²) in [4.78, 5) is 27.8. The second-order valence-corrected chi connectivity index (χ2v) is 10.2. The Labute approximate surface area is 224 Å². The van der Waals surface area contributed by atoms with E-state index in [1.165, 1.54) is 11.1 Å². The molecular weight excluding hydrogens is 474 g/mol. The summed E-state index contributed by atoms with van der Waals surface area (Å²) in [6.07, 6.45) is 5.36. The molecule has 5 nitrogen and oxygen atoms in total. The number of nitrogens with one attached hydrogen (secondary N) is 1. The fourth-order valence-electron chi connectivity index (χ4n) is 4.78. The van der Waals surface area contributed by atoms with E-state index in [2.05, 4.69) is 43.1 Å². The average molecular weight is 512 g/mol. The lowest BCUT2D eigenvalue weighted by Crippen LogP contribution is -2.06. The number of rotatable bonds is 14. The number of aromatic nitrogens is 1. The number of hydrogen-bond acceptors (Lipinski definition) is 3. The molecule has 0 unspecified atom stereocenters. The molecule has 2 N–H and O–H groups in total. The number of ketones is 1. The molecule has 0 aliphatic carbocycles. The fourth-order valence-corrected chi connectivity index (χ4v) is 4.78. The summed E-state index contributed by atoms with van der Waals surface area (Å²) in [6, 6.07) is 24.0. The summed E-state index contributed by atoms with van der Waals surface area (Å²) >= 11 is 0. The van der Waals surface area contributed by atoms with Gasteiger partial charge >= 0.3 is 5.97 Å². The molecule has 198 valence electrons. The number of aliphatic carboxylic acids is 1. The van der Waals surface area contributed by atoms with Gasteiger partial charge in [-0.1, -0.05) is 56.3 Å². The number of ether oxygens (including phenoxy) is 1. The van der Waals surface area contributed by atoms with Crippen LogP contribution < -0.4 is 4.74 Å². The number of carbonyl (C=O) groups is 2. The molecule has 5 heteroatoms. The predicted octanol–water partition coefficient (Wildman–Crippen LogP) is 7.72. The molecule has 1 heterocycles. The monoisotopic (exact) mass is 511 g/mol. The Morgan fingerprint density at radius 1 is 0.842 bits per heavy atom. The summed E-state index contributed by atoms with van der Waals surface area (Å²) in [6.45, 7) is 5.08. The van der Waals surface area contributed by atoms with Crippen molar-refractivity contribution in [2.45, 2.75) is 64.7 Å². The number of unbranched alkanes of at least 4 members (excludes halogenated alkanes) is 2. The first-order valence-corrected chi connectivity index (χ1v) is 13.6. The van der Waals surface area contributed by atoms with E-state index >= 15 is 0 Å². The summed E-state index contributed by atoms with van der Waals surface area (Å²) < 4.78 is 5.92. The number of carboxylic acid groups (broad SMARTS) is 1. The van der Waals surface area contributed by atoms with Gasteiger partial charge < -0.3 is 14.8 Å². The third-order valence-corrected chi connectivity index (χ3v) is 6.97. The first-order chi connectivity index (χ1) is 18.4. The van der Waals surface area contributed by atoms with Crippen LogP contribution in [0.15, 0.2) is 72.8 Å². The van der Waals surface area contributed by atoms with Crippen molar-refractivity contribution >= 4 is 22.7 Å². The lowest BCUT2D eigenvalue weighted by Gasteiger charge is -2.09. The van der Waals surface area contributed by atoms with E-state index in [-0.39, 0.29) is 12.2 Å². The standard InChI is InChI=1S/C33H37NO4/c1-23(2)25-16-14-24(15-17-25)9-4-3-7-22-38-27-20-18-26(19-21-27)33(37)32-28-10-5-6-11-29(28)34-30(32)12-8-13-31(35)36/h5-6,10-11,14-21,23,34H,3-4,7-9,12-13,22H2,1-2H3,(H,35,36). The lowest BCUT2D eigenvalue weighted by molar-refractivity contribution is -0.137. The van der Waals surface area contributed by atoms with Crippen LogP contribution in [0.2, 0.25) is 0 Å². The number of carbonyl (C=O) groups excluding carboxylic acids is 1. The van der Waals surface area contributed by atoms with E-state index in [9.17, 15) is 9.59 Å². The summed E-state index contributed by atoms with van der Waals surface area (Å²) in [5, 5.41) is 9.86. The predicted molar refractivity (Wildman–Crippen MR) is 152 cm³/mol. The second kappa shape index (κ2) is 13.1. The topological polar surface area (TPSA) is 79.4 Å². The van der Waals surface area contributed by atoms with Gasteiger partial charge in [-0.3, -0.25) is 9.59 Å². The molecule has 1 aromatic heterocycles. The van der Waals surface area contributed by atoms with Crippen LogP contribution >= 0.6 is 0 Å². The summed E-state index contributed by atoms with van der Waals surface area (Å²) in [5.41, 5.74) is 5.65. The molecule has 4 rings (SSSR count). The van der Waals surface area contributed by atoms with Gasteiger partial charge in [0.1, 0.15) is 5.75 Å². The Bertz CT molecular complexity index is 1350. The van der Waals surface area contributed by atoms with E-state index in [1.54, 1.807) is 12.1 Å². The molecule has 38 heavy (non-hydrogen) atoms. The van der Waals surface area contributed by atoms with Crippen LogP contribution in [0.5, 0.6) is 5.75 Å². The van der Waals surface area contributed by atoms with Crippen LogP contribution in [-0.4, -0.2) is 28.4 Å². The highest BCUT2D eigenvalue weighted by Gasteiger charge is 2.20. The molecule has 4 aromatic rings. The molecule has 3 aromatic carbocycles. The Morgan fingerprint density at radius 2 is 1.58 bits per heavy atom. The van der Waals surface area contributed by atoms with Gasteiger partial charge in [-0.25, -0.2) is 0 Å². The minimum absolute atomic E-state index is 0.0687. The van der Waals surface area contributed by atoms with Crippen LogP contribution in [-0.2, 0) is 17.6 Å². The third-order valence-electron chi connectivity index (χ3n) is 6.97. The van der Waals surface area contributed by atoms with Gasteiger partial charge in [-0.15, -0.1) is 0 Å². The Balaban J connectivity index is 1.29. The van der Waals surface area contributed by atoms with Gasteiger partial charge in [0.05, 0.1) is 12.2 Å². The van der Waals surface area contributed by atoms with Crippen molar-refractivity contribution in [3.05, 3.63) is 101 Å². The zero-order valence-electron chi connectivity index (χ0n) is 22.3. The van der Waals surface area contributed by atoms with Crippen molar-refractivity contribution in [1.29, 1.82) is 0 Å². The number of hydrogen-bond donors (Lipinski definition) is 2. The SMILES string of the molecule is CC(C)c1ccc(CCCCCOc2ccc(C(=O)c3c(CCCC(=O)O)[nH]c4ccccc34)cc2)cc1. The van der Waals surface area contributed by atoms with Gasteiger partial charge in [0.25, 0.3) is 0 Å². The highest BCUT2D eigenvalue weighted by Crippen LogP contribution is 2.27. The Morgan fingerprint density at radius 3 is 2.29 bits per heavy atom. The smallest absolute Gasteiger partial charge is 0.303 e. The number of fused-ring (bicyclic) bond motifs is 1. The number of aryl methyl sites for hydroxylation is 2. The molecular formula is C33H37NO4. The minimum Gasteiger partial charge on any atom is -0.494 e. The first kappa shape index (κ1) is 27.2. The molecule has 0 bridgehead atoms. The first-order valence-electron chi connectivity index (χ1n) is 13.6. The number of benzene rings is 3. The second-order valence-electron chi connectivity index (χ2n) is 10.2. The van der Waals surface area contributed by atoms with Gasteiger partial charge in [-0.2, -0.15) is 0 Å². The molecule has 0 aliphatic rings. The van der Waals surface area contributed by atoms with Crippen molar-refractivity contribution in [3.8, 4) is 5.75 Å². The number of aromatic amines is 1. The van der Waals surface area contributed by atoms with Crippen LogP contribution in [0.3, 0.4) is 0 Å². The highest BCUT2D eigenvalue weighted by molar-refractivity contribution is 6.17. The normalized spacial score (nSPS) is 11.2. The molecule has 0 saturated heterocycles. The zero-order valence-corrected chi connectivity index (χ0v) is 22.3. The molecule has 0 saturated carbocycles. The maximum absolute atomic E-state index is 13.5. The van der Waals surface area contributed by atoms with Crippen LogP contribution in [0.25, 0.3) is 10.9 Å². The maximum atomic E-state index is 13.5. The zero-order chi connectivity index (χ0) is 26.9. The number of carboxylic acids is 1. The third kappa shape index (κ3) is 7.12. The number of para-hydroxylation sites is 1. The van der Waals surface area contributed by atoms with Crippen LogP contribution in [0.1, 0.15) is 84.6 Å². The Hall–Kier alpha value is -3.86. The van der Waals surface area contributed by atoms with Crippen molar-refractivity contribution in [3.63, 3.8) is 0 Å². The molecule has 0 atom stereocenters. The largest absolute Gasteiger partial charge is 0.494 e. The lowest BCUT2D eigenvalue weighted by atomic mass is 9.98. The molecule has 0 aliphatic heterocycles. The highest BCUT2D eigenvalue weighted by atomic mass is 16.5. The van der Waals surface area contributed by atoms with E-state index in [1.807, 2.05) is 36.4 Å². The van der Waals surface area contributed by atoms with Crippen molar-refractivity contribution in [2.75, 3.05) is 6.61 Å². The molecule has 0 fully saturated rings. The van der Waals surface area contributed by atoms with Crippen LogP contribution in [0, 0.1) is 0 Å². The molecule has 0 spiro atoms. The average Bonchev–Trinajstić information content (AvgIpc) is 3.29. The number of H-pyrrole nitrogens is 1. The minimum atomic E-state index is -0.832. The maximum Gasteiger partial charge on any atom is 0.303 e. The van der Waals surface area contributed by atoms with E-state index in [0.717, 1.165) is 48.0 Å². The quantitative estimate of drug-likeness (QED) is 0.134.